The van der Waals surface area contributed by atoms with Gasteiger partial charge in [0.1, 0.15) is 0 Å². The van der Waals surface area contributed by atoms with Crippen LogP contribution in [0, 0.1) is 0 Å². The van der Waals surface area contributed by atoms with Crippen molar-refractivity contribution in [2.45, 2.75) is 0 Å². The Hall–Kier alpha value is -2.62. The van der Waals surface area contributed by atoms with Crippen LogP contribution in [0.25, 0.3) is 47.7 Å². The number of para-hydroxylation sites is 2. The fourth-order valence-electron chi connectivity index (χ4n) is 4.14. The average Bonchev–Trinajstić information content (AvgIpc) is 3.25. The van der Waals surface area contributed by atoms with Crippen LogP contribution in [0.4, 0.5) is 0 Å². The molecular weight excluding hydrogens is 414 g/mol. The molecule has 0 aliphatic rings. The summed E-state index contributed by atoms with van der Waals surface area (Å²) in [5.74, 6) is 0. The zero-order valence-electron chi connectivity index (χ0n) is 14.3. The minimum absolute atomic E-state index is 1.17. The van der Waals surface area contributed by atoms with Gasteiger partial charge in [-0.2, -0.15) is 0 Å². The molecule has 0 radical (unpaired) electrons. The van der Waals surface area contributed by atoms with E-state index in [1.54, 1.807) is 0 Å². The van der Waals surface area contributed by atoms with Crippen molar-refractivity contribution in [3.63, 3.8) is 0 Å². The number of hydrogen-bond donors (Lipinski definition) is 0. The SMILES string of the molecule is Brc1cc2c3ccccc3n(-c3ccccc3)c2c2c1sc1ccccc12. The number of fused-ring (bicyclic) bond motifs is 7. The van der Waals surface area contributed by atoms with E-state index >= 15 is 0 Å². The minimum atomic E-state index is 1.17. The van der Waals surface area contributed by atoms with Crippen LogP contribution in [0.2, 0.25) is 0 Å². The summed E-state index contributed by atoms with van der Waals surface area (Å²) in [5, 5.41) is 5.23. The van der Waals surface area contributed by atoms with Crippen LogP contribution in [0.3, 0.4) is 0 Å². The predicted molar refractivity (Wildman–Crippen MR) is 121 cm³/mol. The standard InChI is InChI=1S/C24H14BrNS/c25-19-14-18-16-10-4-6-12-20(16)26(15-8-2-1-3-9-15)23(18)22-17-11-5-7-13-21(17)27-24(19)22/h1-14H. The number of aromatic nitrogens is 1. The molecule has 2 aromatic heterocycles. The highest BCUT2D eigenvalue weighted by Crippen LogP contribution is 2.45. The third-order valence-electron chi connectivity index (χ3n) is 5.25. The Morgan fingerprint density at radius 2 is 1.41 bits per heavy atom. The summed E-state index contributed by atoms with van der Waals surface area (Å²) in [6.07, 6.45) is 0. The Morgan fingerprint density at radius 3 is 2.26 bits per heavy atom. The van der Waals surface area contributed by atoms with Gasteiger partial charge in [-0.15, -0.1) is 11.3 Å². The summed E-state index contributed by atoms with van der Waals surface area (Å²) in [5.41, 5.74) is 3.73. The number of rotatable bonds is 1. The Kier molecular flexibility index (Phi) is 3.25. The second kappa shape index (κ2) is 5.69. The molecule has 0 saturated carbocycles. The number of thiophene rings is 1. The minimum Gasteiger partial charge on any atom is -0.309 e. The van der Waals surface area contributed by atoms with Crippen LogP contribution in [0.15, 0.2) is 89.4 Å². The molecule has 0 saturated heterocycles. The zero-order valence-corrected chi connectivity index (χ0v) is 16.7. The maximum absolute atomic E-state index is 3.85. The van der Waals surface area contributed by atoms with Crippen molar-refractivity contribution in [3.8, 4) is 5.69 Å². The second-order valence-electron chi connectivity index (χ2n) is 6.75. The van der Waals surface area contributed by atoms with Crippen molar-refractivity contribution in [3.05, 3.63) is 89.4 Å². The Labute approximate surface area is 168 Å². The maximum atomic E-state index is 3.85. The molecule has 2 heterocycles. The van der Waals surface area contributed by atoms with Crippen LogP contribution in [0.1, 0.15) is 0 Å². The fourth-order valence-corrected chi connectivity index (χ4v) is 5.93. The molecule has 128 valence electrons. The van der Waals surface area contributed by atoms with Crippen molar-refractivity contribution >= 4 is 69.2 Å². The summed E-state index contributed by atoms with van der Waals surface area (Å²) in [4.78, 5) is 0. The molecule has 4 aromatic carbocycles. The van der Waals surface area contributed by atoms with Gasteiger partial charge in [0, 0.05) is 36.4 Å². The van der Waals surface area contributed by atoms with Crippen molar-refractivity contribution in [1.29, 1.82) is 0 Å². The third-order valence-corrected chi connectivity index (χ3v) is 7.34. The Balaban J connectivity index is 1.98. The molecule has 0 N–H and O–H groups in total. The van der Waals surface area contributed by atoms with Gasteiger partial charge in [0.15, 0.2) is 0 Å². The monoisotopic (exact) mass is 427 g/mol. The number of nitrogens with zero attached hydrogens (tertiary/aromatic N) is 1. The molecule has 0 aliphatic heterocycles. The molecule has 27 heavy (non-hydrogen) atoms. The fraction of sp³-hybridized carbons (Fsp3) is 0. The van der Waals surface area contributed by atoms with Gasteiger partial charge in [0.25, 0.3) is 0 Å². The van der Waals surface area contributed by atoms with Crippen molar-refractivity contribution in [1.82, 2.24) is 4.57 Å². The second-order valence-corrected chi connectivity index (χ2v) is 8.65. The van der Waals surface area contributed by atoms with E-state index < -0.39 is 0 Å². The van der Waals surface area contributed by atoms with E-state index in [1.807, 2.05) is 11.3 Å². The average molecular weight is 428 g/mol. The van der Waals surface area contributed by atoms with Crippen LogP contribution < -0.4 is 0 Å². The van der Waals surface area contributed by atoms with Gasteiger partial charge in [-0.25, -0.2) is 0 Å². The van der Waals surface area contributed by atoms with Gasteiger partial charge in [0.2, 0.25) is 0 Å². The van der Waals surface area contributed by atoms with Crippen LogP contribution in [-0.2, 0) is 0 Å². The normalized spacial score (nSPS) is 11.9. The lowest BCUT2D eigenvalue weighted by Gasteiger charge is -2.09. The van der Waals surface area contributed by atoms with Gasteiger partial charge in [-0.1, -0.05) is 54.6 Å². The molecule has 1 nitrogen and oxygen atoms in total. The van der Waals surface area contributed by atoms with E-state index in [0.29, 0.717) is 0 Å². The molecule has 0 aliphatic carbocycles. The van der Waals surface area contributed by atoms with Crippen molar-refractivity contribution in [2.24, 2.45) is 0 Å². The molecule has 0 atom stereocenters. The van der Waals surface area contributed by atoms with E-state index in [4.69, 9.17) is 0 Å². The summed E-state index contributed by atoms with van der Waals surface area (Å²) in [6, 6.07) is 30.4. The molecule has 0 spiro atoms. The summed E-state index contributed by atoms with van der Waals surface area (Å²) >= 11 is 5.71. The molecular formula is C24H14BrNS. The third kappa shape index (κ3) is 2.10. The number of hydrogen-bond acceptors (Lipinski definition) is 1. The van der Waals surface area contributed by atoms with Crippen LogP contribution in [-0.4, -0.2) is 4.57 Å². The lowest BCUT2D eigenvalue weighted by Crippen LogP contribution is -1.93. The number of benzene rings is 4. The number of halogens is 1. The largest absolute Gasteiger partial charge is 0.309 e. The Morgan fingerprint density at radius 1 is 0.704 bits per heavy atom. The topological polar surface area (TPSA) is 4.93 Å². The first-order valence-electron chi connectivity index (χ1n) is 8.91. The molecule has 6 rings (SSSR count). The lowest BCUT2D eigenvalue weighted by molar-refractivity contribution is 1.19. The summed E-state index contributed by atoms with van der Waals surface area (Å²) < 4.78 is 6.22. The lowest BCUT2D eigenvalue weighted by atomic mass is 10.1. The molecule has 6 aromatic rings. The van der Waals surface area contributed by atoms with Crippen molar-refractivity contribution in [2.75, 3.05) is 0 Å². The van der Waals surface area contributed by atoms with Gasteiger partial charge in [-0.3, -0.25) is 0 Å². The van der Waals surface area contributed by atoms with Gasteiger partial charge < -0.3 is 4.57 Å². The molecule has 3 heteroatoms. The van der Waals surface area contributed by atoms with Crippen LogP contribution in [0.5, 0.6) is 0 Å². The van der Waals surface area contributed by atoms with Crippen molar-refractivity contribution < 1.29 is 0 Å². The van der Waals surface area contributed by atoms with E-state index in [2.05, 4.69) is 105 Å². The first-order valence-corrected chi connectivity index (χ1v) is 10.5. The van der Waals surface area contributed by atoms with E-state index in [-0.39, 0.29) is 0 Å². The quantitative estimate of drug-likeness (QED) is 0.251. The molecule has 0 fully saturated rings. The maximum Gasteiger partial charge on any atom is 0.0635 e. The van der Waals surface area contributed by atoms with Gasteiger partial charge in [0.05, 0.1) is 15.7 Å². The zero-order chi connectivity index (χ0) is 18.0. The van der Waals surface area contributed by atoms with E-state index in [0.717, 1.165) is 0 Å². The molecule has 0 amide bonds. The smallest absolute Gasteiger partial charge is 0.0635 e. The van der Waals surface area contributed by atoms with E-state index in [9.17, 15) is 0 Å². The molecule has 0 bridgehead atoms. The predicted octanol–water partition coefficient (Wildman–Crippen LogP) is 7.91. The van der Waals surface area contributed by atoms with E-state index in [1.165, 1.54) is 52.1 Å². The first-order chi connectivity index (χ1) is 13.3. The summed E-state index contributed by atoms with van der Waals surface area (Å²) in [6.45, 7) is 0. The highest BCUT2D eigenvalue weighted by Gasteiger charge is 2.19. The van der Waals surface area contributed by atoms with Gasteiger partial charge in [-0.05, 0) is 46.3 Å². The first kappa shape index (κ1) is 15.4. The van der Waals surface area contributed by atoms with Crippen LogP contribution >= 0.6 is 27.3 Å². The highest BCUT2D eigenvalue weighted by atomic mass is 79.9. The molecule has 0 unspecified atom stereocenters. The summed E-state index contributed by atoms with van der Waals surface area (Å²) in [7, 11) is 0. The Bertz CT molecular complexity index is 1470. The highest BCUT2D eigenvalue weighted by molar-refractivity contribution is 9.10. The van der Waals surface area contributed by atoms with Gasteiger partial charge >= 0.3 is 0 Å².